The fourth-order valence-electron chi connectivity index (χ4n) is 3.46. The number of aliphatic imine (C=N–C) groups is 1. The first-order chi connectivity index (χ1) is 13.6. The van der Waals surface area contributed by atoms with Crippen LogP contribution in [-0.4, -0.2) is 57.2 Å². The number of hydrogen-bond donors (Lipinski definition) is 2. The van der Waals surface area contributed by atoms with Crippen LogP contribution in [0, 0.1) is 13.8 Å². The molecule has 0 unspecified atom stereocenters. The van der Waals surface area contributed by atoms with Crippen LogP contribution in [0.3, 0.4) is 0 Å². The number of benzene rings is 2. The lowest BCUT2D eigenvalue weighted by Crippen LogP contribution is -2.47. The van der Waals surface area contributed by atoms with Gasteiger partial charge < -0.3 is 20.7 Å². The molecule has 0 amide bonds. The summed E-state index contributed by atoms with van der Waals surface area (Å²) >= 11 is 0. The van der Waals surface area contributed by atoms with Gasteiger partial charge in [0.2, 0.25) is 0 Å². The van der Waals surface area contributed by atoms with Gasteiger partial charge in [-0.15, -0.1) is 24.0 Å². The number of hydrogen-bond acceptors (Lipinski definition) is 4. The molecule has 1 saturated heterocycles. The van der Waals surface area contributed by atoms with Gasteiger partial charge in [0, 0.05) is 44.1 Å². The van der Waals surface area contributed by atoms with Gasteiger partial charge in [0.1, 0.15) is 5.75 Å². The molecular weight excluding hydrogens is 477 g/mol. The highest BCUT2D eigenvalue weighted by Crippen LogP contribution is 2.23. The van der Waals surface area contributed by atoms with Crippen molar-refractivity contribution in [2.24, 2.45) is 10.7 Å². The summed E-state index contributed by atoms with van der Waals surface area (Å²) in [5, 5.41) is 3.12. The second-order valence-corrected chi connectivity index (χ2v) is 7.17. The molecule has 3 N–H and O–H groups in total. The van der Waals surface area contributed by atoms with Crippen LogP contribution in [0.15, 0.2) is 47.5 Å². The van der Waals surface area contributed by atoms with Crippen molar-refractivity contribution in [2.75, 3.05) is 56.6 Å². The van der Waals surface area contributed by atoms with Crippen LogP contribution in [0.2, 0.25) is 0 Å². The molecule has 0 aromatic heterocycles. The molecule has 0 aliphatic carbocycles. The van der Waals surface area contributed by atoms with Crippen molar-refractivity contribution in [1.82, 2.24) is 4.90 Å². The zero-order valence-corrected chi connectivity index (χ0v) is 19.8. The first-order valence-electron chi connectivity index (χ1n) is 9.81. The Labute approximate surface area is 191 Å². The monoisotopic (exact) mass is 509 g/mol. The Hall–Kier alpha value is -2.00. The Morgan fingerprint density at radius 1 is 1.07 bits per heavy atom. The van der Waals surface area contributed by atoms with Crippen molar-refractivity contribution in [2.45, 2.75) is 13.8 Å². The highest BCUT2D eigenvalue weighted by Gasteiger charge is 2.18. The van der Waals surface area contributed by atoms with Crippen molar-refractivity contribution in [3.05, 3.63) is 53.6 Å². The third-order valence-corrected chi connectivity index (χ3v) is 5.35. The molecule has 29 heavy (non-hydrogen) atoms. The van der Waals surface area contributed by atoms with E-state index >= 15 is 0 Å². The van der Waals surface area contributed by atoms with E-state index in [9.17, 15) is 0 Å². The maximum Gasteiger partial charge on any atom is 0.193 e. The van der Waals surface area contributed by atoms with Gasteiger partial charge in [-0.05, 0) is 55.3 Å². The summed E-state index contributed by atoms with van der Waals surface area (Å²) in [4.78, 5) is 9.39. The molecule has 0 saturated carbocycles. The summed E-state index contributed by atoms with van der Waals surface area (Å²) in [5.41, 5.74) is 11.0. The van der Waals surface area contributed by atoms with E-state index in [2.05, 4.69) is 52.2 Å². The second-order valence-electron chi connectivity index (χ2n) is 7.17. The normalized spacial score (nSPS) is 15.0. The van der Waals surface area contributed by atoms with Crippen LogP contribution in [0.5, 0.6) is 5.75 Å². The minimum atomic E-state index is 0. The maximum absolute atomic E-state index is 6.00. The highest BCUT2D eigenvalue weighted by atomic mass is 127. The van der Waals surface area contributed by atoms with Gasteiger partial charge in [0.25, 0.3) is 0 Å². The summed E-state index contributed by atoms with van der Waals surface area (Å²) in [7, 11) is 1.65. The molecule has 1 heterocycles. The van der Waals surface area contributed by atoms with Gasteiger partial charge in [-0.2, -0.15) is 0 Å². The molecular formula is C22H32IN5O. The molecule has 3 rings (SSSR count). The van der Waals surface area contributed by atoms with E-state index in [0.717, 1.165) is 44.2 Å². The highest BCUT2D eigenvalue weighted by molar-refractivity contribution is 14.0. The SMILES string of the molecule is COc1ccc(NC(N)=NCCN2CCN(c3cccc(C)c3C)CC2)cc1.I. The molecule has 0 radical (unpaired) electrons. The van der Waals surface area contributed by atoms with Crippen molar-refractivity contribution in [3.8, 4) is 5.75 Å². The first-order valence-corrected chi connectivity index (χ1v) is 9.81. The molecule has 2 aromatic rings. The minimum absolute atomic E-state index is 0. The summed E-state index contributed by atoms with van der Waals surface area (Å²) in [6, 6.07) is 14.2. The number of rotatable bonds is 6. The Balaban J connectivity index is 0.00000300. The molecule has 6 nitrogen and oxygen atoms in total. The third kappa shape index (κ3) is 6.50. The molecule has 7 heteroatoms. The Morgan fingerprint density at radius 2 is 1.76 bits per heavy atom. The lowest BCUT2D eigenvalue weighted by atomic mass is 10.1. The molecule has 158 valence electrons. The number of nitrogens with one attached hydrogen (secondary N) is 1. The molecule has 0 bridgehead atoms. The number of nitrogens with two attached hydrogens (primary N) is 1. The zero-order chi connectivity index (χ0) is 19.9. The number of anilines is 2. The Morgan fingerprint density at radius 3 is 2.41 bits per heavy atom. The zero-order valence-electron chi connectivity index (χ0n) is 17.5. The number of piperazine rings is 1. The number of aryl methyl sites for hydroxylation is 1. The van der Waals surface area contributed by atoms with Crippen molar-refractivity contribution in [3.63, 3.8) is 0 Å². The van der Waals surface area contributed by atoms with Crippen LogP contribution in [-0.2, 0) is 0 Å². The molecule has 1 fully saturated rings. The minimum Gasteiger partial charge on any atom is -0.497 e. The third-order valence-electron chi connectivity index (χ3n) is 5.35. The van der Waals surface area contributed by atoms with E-state index in [1.54, 1.807) is 7.11 Å². The lowest BCUT2D eigenvalue weighted by Gasteiger charge is -2.36. The van der Waals surface area contributed by atoms with Gasteiger partial charge in [0.15, 0.2) is 5.96 Å². The molecule has 1 aliphatic heterocycles. The summed E-state index contributed by atoms with van der Waals surface area (Å²) in [5.74, 6) is 1.26. The van der Waals surface area contributed by atoms with Crippen LogP contribution < -0.4 is 20.7 Å². The smallest absolute Gasteiger partial charge is 0.193 e. The van der Waals surface area contributed by atoms with E-state index in [4.69, 9.17) is 10.5 Å². The molecule has 2 aromatic carbocycles. The van der Waals surface area contributed by atoms with Gasteiger partial charge in [-0.1, -0.05) is 12.1 Å². The number of methoxy groups -OCH3 is 1. The van der Waals surface area contributed by atoms with Gasteiger partial charge >= 0.3 is 0 Å². The number of halogens is 1. The first kappa shape index (κ1) is 23.3. The average Bonchev–Trinajstić information content (AvgIpc) is 2.71. The summed E-state index contributed by atoms with van der Waals surface area (Å²) < 4.78 is 5.16. The van der Waals surface area contributed by atoms with Crippen LogP contribution in [0.1, 0.15) is 11.1 Å². The van der Waals surface area contributed by atoms with Crippen LogP contribution in [0.4, 0.5) is 11.4 Å². The topological polar surface area (TPSA) is 66.1 Å². The summed E-state index contributed by atoms with van der Waals surface area (Å²) in [6.45, 7) is 10.2. The summed E-state index contributed by atoms with van der Waals surface area (Å²) in [6.07, 6.45) is 0. The fraction of sp³-hybridized carbons (Fsp3) is 0.409. The van der Waals surface area contributed by atoms with Crippen LogP contribution >= 0.6 is 24.0 Å². The van der Waals surface area contributed by atoms with Gasteiger partial charge in [-0.25, -0.2) is 0 Å². The van der Waals surface area contributed by atoms with E-state index in [1.807, 2.05) is 24.3 Å². The quantitative estimate of drug-likeness (QED) is 0.355. The Bertz CT molecular complexity index is 801. The molecule has 0 atom stereocenters. The van der Waals surface area contributed by atoms with Gasteiger partial charge in [0.05, 0.1) is 13.7 Å². The predicted molar refractivity (Wildman–Crippen MR) is 133 cm³/mol. The van der Waals surface area contributed by atoms with Gasteiger partial charge in [-0.3, -0.25) is 9.89 Å². The van der Waals surface area contributed by atoms with Crippen molar-refractivity contribution < 1.29 is 4.74 Å². The fourth-order valence-corrected chi connectivity index (χ4v) is 3.46. The van der Waals surface area contributed by atoms with E-state index < -0.39 is 0 Å². The van der Waals surface area contributed by atoms with Crippen molar-refractivity contribution in [1.29, 1.82) is 0 Å². The largest absolute Gasteiger partial charge is 0.497 e. The van der Waals surface area contributed by atoms with Crippen molar-refractivity contribution >= 4 is 41.3 Å². The maximum atomic E-state index is 6.00. The molecule has 1 aliphatic rings. The van der Waals surface area contributed by atoms with E-state index in [0.29, 0.717) is 12.5 Å². The predicted octanol–water partition coefficient (Wildman–Crippen LogP) is 3.48. The molecule has 0 spiro atoms. The number of nitrogens with zero attached hydrogens (tertiary/aromatic N) is 3. The Kier molecular flexibility index (Phi) is 9.03. The number of ether oxygens (including phenoxy) is 1. The number of guanidine groups is 1. The van der Waals surface area contributed by atoms with Crippen LogP contribution in [0.25, 0.3) is 0 Å². The average molecular weight is 509 g/mol. The standard InChI is InChI=1S/C22H31N5O.HI/c1-17-5-4-6-21(18(17)2)27-15-13-26(14-16-27)12-11-24-22(23)25-19-7-9-20(28-3)10-8-19;/h4-10H,11-16H2,1-3H3,(H3,23,24,25);1H. The van der Waals surface area contributed by atoms with E-state index in [-0.39, 0.29) is 24.0 Å². The van der Waals surface area contributed by atoms with E-state index in [1.165, 1.54) is 16.8 Å². The second kappa shape index (κ2) is 11.3. The lowest BCUT2D eigenvalue weighted by molar-refractivity contribution is 0.265.